The first-order chi connectivity index (χ1) is 7.74. The second kappa shape index (κ2) is 6.52. The number of benzene rings is 1. The lowest BCUT2D eigenvalue weighted by atomic mass is 10.3. The molecule has 0 aliphatic carbocycles. The van der Waals surface area contributed by atoms with E-state index in [1.54, 1.807) is 7.05 Å². The molecule has 0 aromatic heterocycles. The predicted octanol–water partition coefficient (Wildman–Crippen LogP) is 1.55. The zero-order valence-corrected chi connectivity index (χ0v) is 9.35. The fourth-order valence-corrected chi connectivity index (χ4v) is 1.19. The Hall–Kier alpha value is -1.95. The van der Waals surface area contributed by atoms with E-state index in [0.29, 0.717) is 19.6 Å². The summed E-state index contributed by atoms with van der Waals surface area (Å²) in [5, 5.41) is 0. The van der Waals surface area contributed by atoms with Crippen LogP contribution in [0.25, 0.3) is 0 Å². The molecule has 0 fully saturated rings. The van der Waals surface area contributed by atoms with Gasteiger partial charge in [0.2, 0.25) is 5.91 Å². The summed E-state index contributed by atoms with van der Waals surface area (Å²) in [4.78, 5) is 13.0. The smallest absolute Gasteiger partial charge is 0.226 e. The van der Waals surface area contributed by atoms with E-state index in [2.05, 4.69) is 5.92 Å². The van der Waals surface area contributed by atoms with Crippen molar-refractivity contribution in [2.24, 2.45) is 0 Å². The molecule has 3 nitrogen and oxygen atoms in total. The van der Waals surface area contributed by atoms with Crippen LogP contribution in [-0.4, -0.2) is 31.0 Å². The molecule has 0 N–H and O–H groups in total. The van der Waals surface area contributed by atoms with E-state index in [-0.39, 0.29) is 5.91 Å². The summed E-state index contributed by atoms with van der Waals surface area (Å²) >= 11 is 0. The van der Waals surface area contributed by atoms with Gasteiger partial charge in [-0.1, -0.05) is 24.1 Å². The topological polar surface area (TPSA) is 29.5 Å². The van der Waals surface area contributed by atoms with Crippen LogP contribution in [-0.2, 0) is 4.79 Å². The van der Waals surface area contributed by atoms with Crippen molar-refractivity contribution >= 4 is 5.91 Å². The number of carbonyl (C=O) groups excluding carboxylic acids is 1. The first-order valence-electron chi connectivity index (χ1n) is 5.09. The minimum absolute atomic E-state index is 0.00567. The lowest BCUT2D eigenvalue weighted by molar-refractivity contribution is -0.129. The molecule has 1 amide bonds. The highest BCUT2D eigenvalue weighted by Crippen LogP contribution is 2.08. The monoisotopic (exact) mass is 217 g/mol. The SMILES string of the molecule is C#CCN(C)C(=O)CCOc1ccccc1. The number of hydrogen-bond donors (Lipinski definition) is 0. The molecule has 1 aromatic rings. The highest BCUT2D eigenvalue weighted by Gasteiger charge is 2.06. The van der Waals surface area contributed by atoms with Crippen LogP contribution in [0.2, 0.25) is 0 Å². The van der Waals surface area contributed by atoms with Gasteiger partial charge in [0.15, 0.2) is 0 Å². The average Bonchev–Trinajstić information content (AvgIpc) is 2.30. The Bertz CT molecular complexity index is 367. The Labute approximate surface area is 96.0 Å². The number of ether oxygens (including phenoxy) is 1. The van der Waals surface area contributed by atoms with Gasteiger partial charge in [0, 0.05) is 7.05 Å². The summed E-state index contributed by atoms with van der Waals surface area (Å²) < 4.78 is 5.41. The molecule has 0 unspecified atom stereocenters. The third-order valence-electron chi connectivity index (χ3n) is 2.08. The standard InChI is InChI=1S/C13H15NO2/c1-3-10-14(2)13(15)9-11-16-12-7-5-4-6-8-12/h1,4-8H,9-11H2,2H3. The van der Waals surface area contributed by atoms with Gasteiger partial charge in [-0.05, 0) is 12.1 Å². The van der Waals surface area contributed by atoms with Crippen molar-refractivity contribution in [1.29, 1.82) is 0 Å². The zero-order chi connectivity index (χ0) is 11.8. The molecule has 1 aromatic carbocycles. The maximum atomic E-state index is 11.5. The molecule has 0 radical (unpaired) electrons. The van der Waals surface area contributed by atoms with Crippen LogP contribution in [0, 0.1) is 12.3 Å². The number of nitrogens with zero attached hydrogens (tertiary/aromatic N) is 1. The van der Waals surface area contributed by atoms with E-state index in [1.807, 2.05) is 30.3 Å². The van der Waals surface area contributed by atoms with Crippen molar-refractivity contribution in [2.75, 3.05) is 20.2 Å². The predicted molar refractivity (Wildman–Crippen MR) is 63.0 cm³/mol. The van der Waals surface area contributed by atoms with E-state index in [1.165, 1.54) is 4.90 Å². The molecule has 0 saturated heterocycles. The molecule has 0 aliphatic rings. The fraction of sp³-hybridized carbons (Fsp3) is 0.308. The second-order valence-electron chi connectivity index (χ2n) is 3.37. The highest BCUT2D eigenvalue weighted by molar-refractivity contribution is 5.76. The molecular formula is C13H15NO2. The van der Waals surface area contributed by atoms with Gasteiger partial charge in [-0.15, -0.1) is 6.42 Å². The van der Waals surface area contributed by atoms with E-state index in [9.17, 15) is 4.79 Å². The van der Waals surface area contributed by atoms with Gasteiger partial charge >= 0.3 is 0 Å². The largest absolute Gasteiger partial charge is 0.493 e. The van der Waals surface area contributed by atoms with Crippen LogP contribution >= 0.6 is 0 Å². The van der Waals surface area contributed by atoms with Crippen LogP contribution in [0.1, 0.15) is 6.42 Å². The van der Waals surface area contributed by atoms with Crippen molar-refractivity contribution in [3.05, 3.63) is 30.3 Å². The van der Waals surface area contributed by atoms with Gasteiger partial charge < -0.3 is 9.64 Å². The summed E-state index contributed by atoms with van der Waals surface area (Å²) in [7, 11) is 1.69. The number of amides is 1. The summed E-state index contributed by atoms with van der Waals surface area (Å²) in [6.45, 7) is 0.710. The molecule has 0 saturated carbocycles. The number of rotatable bonds is 5. The van der Waals surface area contributed by atoms with Gasteiger partial charge in [-0.25, -0.2) is 0 Å². The third kappa shape index (κ3) is 4.05. The molecular weight excluding hydrogens is 202 g/mol. The first kappa shape index (κ1) is 12.1. The highest BCUT2D eigenvalue weighted by atomic mass is 16.5. The summed E-state index contributed by atoms with van der Waals surface area (Å²) in [5.74, 6) is 3.19. The molecule has 0 heterocycles. The van der Waals surface area contributed by atoms with Crippen LogP contribution in [0.4, 0.5) is 0 Å². The molecule has 0 bridgehead atoms. The molecule has 0 atom stereocenters. The van der Waals surface area contributed by atoms with Crippen molar-refractivity contribution < 1.29 is 9.53 Å². The van der Waals surface area contributed by atoms with Crippen molar-refractivity contribution in [3.63, 3.8) is 0 Å². The minimum atomic E-state index is -0.00567. The maximum Gasteiger partial charge on any atom is 0.226 e. The summed E-state index contributed by atoms with van der Waals surface area (Å²) in [6.07, 6.45) is 5.45. The number of carbonyl (C=O) groups is 1. The van der Waals surface area contributed by atoms with Gasteiger partial charge in [0.05, 0.1) is 19.6 Å². The second-order valence-corrected chi connectivity index (χ2v) is 3.37. The molecule has 0 spiro atoms. The van der Waals surface area contributed by atoms with Gasteiger partial charge in [-0.2, -0.15) is 0 Å². The Balaban J connectivity index is 2.26. The number of para-hydroxylation sites is 1. The normalized spacial score (nSPS) is 9.25. The Morgan fingerprint density at radius 2 is 2.12 bits per heavy atom. The number of terminal acetylenes is 1. The van der Waals surface area contributed by atoms with E-state index in [4.69, 9.17) is 11.2 Å². The van der Waals surface area contributed by atoms with E-state index in [0.717, 1.165) is 5.75 Å². The quantitative estimate of drug-likeness (QED) is 0.700. The molecule has 1 rings (SSSR count). The van der Waals surface area contributed by atoms with E-state index >= 15 is 0 Å². The van der Waals surface area contributed by atoms with E-state index < -0.39 is 0 Å². The minimum Gasteiger partial charge on any atom is -0.493 e. The Kier molecular flexibility index (Phi) is 4.94. The van der Waals surface area contributed by atoms with Gasteiger partial charge in [0.25, 0.3) is 0 Å². The third-order valence-corrected chi connectivity index (χ3v) is 2.08. The molecule has 16 heavy (non-hydrogen) atoms. The van der Waals surface area contributed by atoms with Crippen LogP contribution in [0.3, 0.4) is 0 Å². The average molecular weight is 217 g/mol. The lowest BCUT2D eigenvalue weighted by Crippen LogP contribution is -2.28. The summed E-state index contributed by atoms with van der Waals surface area (Å²) in [6, 6.07) is 9.41. The molecule has 3 heteroatoms. The van der Waals surface area contributed by atoms with Crippen molar-refractivity contribution in [3.8, 4) is 18.1 Å². The first-order valence-corrected chi connectivity index (χ1v) is 5.09. The fourth-order valence-electron chi connectivity index (χ4n) is 1.19. The Morgan fingerprint density at radius 1 is 1.44 bits per heavy atom. The Morgan fingerprint density at radius 3 is 2.75 bits per heavy atom. The van der Waals surface area contributed by atoms with Crippen LogP contribution in [0.5, 0.6) is 5.75 Å². The van der Waals surface area contributed by atoms with Crippen molar-refractivity contribution in [2.45, 2.75) is 6.42 Å². The van der Waals surface area contributed by atoms with Crippen LogP contribution in [0.15, 0.2) is 30.3 Å². The van der Waals surface area contributed by atoms with Gasteiger partial charge in [0.1, 0.15) is 5.75 Å². The van der Waals surface area contributed by atoms with Gasteiger partial charge in [-0.3, -0.25) is 4.79 Å². The maximum absolute atomic E-state index is 11.5. The van der Waals surface area contributed by atoms with Crippen molar-refractivity contribution in [1.82, 2.24) is 4.90 Å². The van der Waals surface area contributed by atoms with Crippen LogP contribution < -0.4 is 4.74 Å². The zero-order valence-electron chi connectivity index (χ0n) is 9.35. The molecule has 84 valence electrons. The molecule has 0 aliphatic heterocycles. The summed E-state index contributed by atoms with van der Waals surface area (Å²) in [5.41, 5.74) is 0. The number of hydrogen-bond acceptors (Lipinski definition) is 2. The lowest BCUT2D eigenvalue weighted by Gasteiger charge is -2.13.